The minimum absolute atomic E-state index is 0.00173. The number of halogens is 1. The van der Waals surface area contributed by atoms with E-state index < -0.39 is 0 Å². The van der Waals surface area contributed by atoms with Crippen LogP contribution in [0.1, 0.15) is 41.6 Å². The first-order chi connectivity index (χ1) is 12.0. The van der Waals surface area contributed by atoms with E-state index >= 15 is 0 Å². The van der Waals surface area contributed by atoms with Gasteiger partial charge in [-0.2, -0.15) is 5.10 Å². The molecule has 1 aromatic carbocycles. The summed E-state index contributed by atoms with van der Waals surface area (Å²) in [4.78, 5) is 16.9. The fourth-order valence-corrected chi connectivity index (χ4v) is 3.44. The normalized spacial score (nSPS) is 16.9. The van der Waals surface area contributed by atoms with Gasteiger partial charge in [0.25, 0.3) is 5.91 Å². The molecule has 25 heavy (non-hydrogen) atoms. The van der Waals surface area contributed by atoms with E-state index in [1.807, 2.05) is 43.9 Å². The van der Waals surface area contributed by atoms with Gasteiger partial charge in [0.15, 0.2) is 0 Å². The van der Waals surface area contributed by atoms with E-state index in [0.29, 0.717) is 30.9 Å². The van der Waals surface area contributed by atoms with Gasteiger partial charge in [-0.05, 0) is 32.9 Å². The number of amides is 1. The molecule has 2 heterocycles. The minimum atomic E-state index is -0.171. The van der Waals surface area contributed by atoms with Crippen molar-refractivity contribution >= 4 is 5.91 Å². The Morgan fingerprint density at radius 1 is 1.24 bits per heavy atom. The number of carbonyl (C=O) groups excluding carboxylic acids is 1. The second-order valence-electron chi connectivity index (χ2n) is 6.51. The topological polar surface area (TPSA) is 41.4 Å². The number of aryl methyl sites for hydroxylation is 2. The number of hydrogen-bond donors (Lipinski definition) is 0. The molecule has 1 unspecified atom stereocenters. The van der Waals surface area contributed by atoms with Crippen LogP contribution in [-0.2, 0) is 6.54 Å². The van der Waals surface area contributed by atoms with Crippen molar-refractivity contribution in [1.29, 1.82) is 0 Å². The fraction of sp³-hybridized carbons (Fsp3) is 0.474. The molecule has 6 heteroatoms. The number of hydrogen-bond acceptors (Lipinski definition) is 3. The van der Waals surface area contributed by atoms with Gasteiger partial charge in [0.1, 0.15) is 11.5 Å². The quantitative estimate of drug-likeness (QED) is 0.856. The summed E-state index contributed by atoms with van der Waals surface area (Å²) in [6.07, 6.45) is 0. The average Bonchev–Trinajstić information content (AvgIpc) is 3.02. The van der Waals surface area contributed by atoms with Crippen molar-refractivity contribution in [1.82, 2.24) is 19.6 Å². The van der Waals surface area contributed by atoms with Crippen molar-refractivity contribution < 1.29 is 9.18 Å². The first kappa shape index (κ1) is 17.6. The number of aromatic nitrogens is 2. The predicted molar refractivity (Wildman–Crippen MR) is 94.9 cm³/mol. The van der Waals surface area contributed by atoms with Crippen LogP contribution >= 0.6 is 0 Å². The van der Waals surface area contributed by atoms with Crippen molar-refractivity contribution in [2.75, 3.05) is 26.2 Å². The Balaban J connectivity index is 1.65. The van der Waals surface area contributed by atoms with Crippen LogP contribution in [-0.4, -0.2) is 51.7 Å². The zero-order valence-electron chi connectivity index (χ0n) is 15.1. The highest BCUT2D eigenvalue weighted by Crippen LogP contribution is 2.24. The average molecular weight is 344 g/mol. The van der Waals surface area contributed by atoms with Gasteiger partial charge in [0.2, 0.25) is 0 Å². The van der Waals surface area contributed by atoms with Crippen LogP contribution < -0.4 is 0 Å². The Hall–Kier alpha value is -2.21. The summed E-state index contributed by atoms with van der Waals surface area (Å²) in [6.45, 7) is 9.34. The van der Waals surface area contributed by atoms with Crippen LogP contribution in [0.2, 0.25) is 0 Å². The van der Waals surface area contributed by atoms with Gasteiger partial charge in [-0.15, -0.1) is 0 Å². The van der Waals surface area contributed by atoms with E-state index in [1.165, 1.54) is 6.07 Å². The zero-order chi connectivity index (χ0) is 18.0. The Bertz CT molecular complexity index is 750. The molecule has 1 atom stereocenters. The molecule has 1 saturated heterocycles. The molecule has 1 aliphatic heterocycles. The molecule has 2 aromatic rings. The second-order valence-corrected chi connectivity index (χ2v) is 6.51. The van der Waals surface area contributed by atoms with Gasteiger partial charge in [0, 0.05) is 44.3 Å². The van der Waals surface area contributed by atoms with Crippen LogP contribution in [0.3, 0.4) is 0 Å². The summed E-state index contributed by atoms with van der Waals surface area (Å²) in [5, 5.41) is 4.35. The standard InChI is InChI=1S/C19H25FN4O/c1-4-24-18(13-14(2)21-24)19(25)23-11-9-22(10-12-23)15(3)16-7-5-6-8-17(16)20/h5-8,13,15H,4,9-12H2,1-3H3. The molecule has 1 aromatic heterocycles. The van der Waals surface area contributed by atoms with Gasteiger partial charge in [-0.25, -0.2) is 4.39 Å². The zero-order valence-corrected chi connectivity index (χ0v) is 15.1. The van der Waals surface area contributed by atoms with Crippen molar-refractivity contribution in [2.24, 2.45) is 0 Å². The largest absolute Gasteiger partial charge is 0.335 e. The highest BCUT2D eigenvalue weighted by molar-refractivity contribution is 5.92. The highest BCUT2D eigenvalue weighted by Gasteiger charge is 2.27. The third kappa shape index (κ3) is 3.58. The first-order valence-corrected chi connectivity index (χ1v) is 8.83. The van der Waals surface area contributed by atoms with Crippen LogP contribution in [0.5, 0.6) is 0 Å². The third-order valence-corrected chi connectivity index (χ3v) is 4.93. The second kappa shape index (κ2) is 7.35. The van der Waals surface area contributed by atoms with E-state index in [4.69, 9.17) is 0 Å². The molecule has 1 fully saturated rings. The Labute approximate surface area is 148 Å². The Morgan fingerprint density at radius 3 is 2.56 bits per heavy atom. The van der Waals surface area contributed by atoms with Gasteiger partial charge in [0.05, 0.1) is 5.69 Å². The molecule has 0 N–H and O–H groups in total. The lowest BCUT2D eigenvalue weighted by Gasteiger charge is -2.38. The Morgan fingerprint density at radius 2 is 1.92 bits per heavy atom. The molecule has 5 nitrogen and oxygen atoms in total. The molecule has 0 aliphatic carbocycles. The molecular weight excluding hydrogens is 319 g/mol. The number of carbonyl (C=O) groups is 1. The monoisotopic (exact) mass is 344 g/mol. The molecule has 1 amide bonds. The fourth-order valence-electron chi connectivity index (χ4n) is 3.44. The summed E-state index contributed by atoms with van der Waals surface area (Å²) in [5.74, 6) is -0.142. The molecule has 0 radical (unpaired) electrons. The number of piperazine rings is 1. The molecule has 0 bridgehead atoms. The van der Waals surface area contributed by atoms with Crippen LogP contribution in [0, 0.1) is 12.7 Å². The predicted octanol–water partition coefficient (Wildman–Crippen LogP) is 2.87. The Kier molecular flexibility index (Phi) is 5.18. The summed E-state index contributed by atoms with van der Waals surface area (Å²) >= 11 is 0. The minimum Gasteiger partial charge on any atom is -0.335 e. The lowest BCUT2D eigenvalue weighted by atomic mass is 10.1. The van der Waals surface area contributed by atoms with Gasteiger partial charge in [-0.1, -0.05) is 18.2 Å². The van der Waals surface area contributed by atoms with E-state index in [1.54, 1.807) is 10.7 Å². The summed E-state index contributed by atoms with van der Waals surface area (Å²) < 4.78 is 15.8. The molecule has 3 rings (SSSR count). The number of benzene rings is 1. The van der Waals surface area contributed by atoms with Gasteiger partial charge < -0.3 is 4.90 Å². The van der Waals surface area contributed by atoms with Crippen molar-refractivity contribution in [3.63, 3.8) is 0 Å². The highest BCUT2D eigenvalue weighted by atomic mass is 19.1. The first-order valence-electron chi connectivity index (χ1n) is 8.83. The maximum absolute atomic E-state index is 14.0. The molecule has 0 spiro atoms. The molecular formula is C19H25FN4O. The summed E-state index contributed by atoms with van der Waals surface area (Å²) in [6, 6.07) is 8.76. The number of rotatable bonds is 4. The lowest BCUT2D eigenvalue weighted by Crippen LogP contribution is -2.49. The lowest BCUT2D eigenvalue weighted by molar-refractivity contribution is 0.0568. The third-order valence-electron chi connectivity index (χ3n) is 4.93. The van der Waals surface area contributed by atoms with Crippen LogP contribution in [0.25, 0.3) is 0 Å². The molecule has 1 aliphatic rings. The van der Waals surface area contributed by atoms with Crippen molar-refractivity contribution in [3.05, 3.63) is 53.1 Å². The summed E-state index contributed by atoms with van der Waals surface area (Å²) in [7, 11) is 0. The SMILES string of the molecule is CCn1nc(C)cc1C(=O)N1CCN(C(C)c2ccccc2F)CC1. The molecule has 0 saturated carbocycles. The van der Waals surface area contributed by atoms with Gasteiger partial charge in [-0.3, -0.25) is 14.4 Å². The maximum atomic E-state index is 14.0. The van der Waals surface area contributed by atoms with E-state index in [9.17, 15) is 9.18 Å². The van der Waals surface area contributed by atoms with Crippen LogP contribution in [0.15, 0.2) is 30.3 Å². The smallest absolute Gasteiger partial charge is 0.272 e. The van der Waals surface area contributed by atoms with E-state index in [-0.39, 0.29) is 17.8 Å². The van der Waals surface area contributed by atoms with Crippen molar-refractivity contribution in [2.45, 2.75) is 33.4 Å². The summed E-state index contributed by atoms with van der Waals surface area (Å²) in [5.41, 5.74) is 2.22. The van der Waals surface area contributed by atoms with Crippen molar-refractivity contribution in [3.8, 4) is 0 Å². The maximum Gasteiger partial charge on any atom is 0.272 e. The van der Waals surface area contributed by atoms with E-state index in [0.717, 1.165) is 18.8 Å². The van der Waals surface area contributed by atoms with Gasteiger partial charge >= 0.3 is 0 Å². The van der Waals surface area contributed by atoms with Crippen LogP contribution in [0.4, 0.5) is 4.39 Å². The number of nitrogens with zero attached hydrogens (tertiary/aromatic N) is 4. The van der Waals surface area contributed by atoms with E-state index in [2.05, 4.69) is 10.00 Å². The molecule has 134 valence electrons.